The van der Waals surface area contributed by atoms with Gasteiger partial charge in [-0.05, 0) is 41.7 Å². The lowest BCUT2D eigenvalue weighted by Gasteiger charge is -2.23. The number of hydrogen-bond donors (Lipinski definition) is 1. The van der Waals surface area contributed by atoms with Crippen LogP contribution >= 0.6 is 46.7 Å². The van der Waals surface area contributed by atoms with Crippen LogP contribution in [0.15, 0.2) is 40.0 Å². The normalized spacial score (nSPS) is 12.6. The third-order valence-corrected chi connectivity index (χ3v) is 5.42. The van der Waals surface area contributed by atoms with Crippen LogP contribution in [0.2, 0.25) is 0 Å². The summed E-state index contributed by atoms with van der Waals surface area (Å²) in [4.78, 5) is 9.48. The van der Waals surface area contributed by atoms with Crippen LogP contribution in [0.25, 0.3) is 0 Å². The van der Waals surface area contributed by atoms with E-state index in [-0.39, 0.29) is 24.0 Å². The Kier molecular flexibility index (Phi) is 9.81. The van der Waals surface area contributed by atoms with Crippen LogP contribution in [0.1, 0.15) is 16.7 Å². The molecular formula is C17H26IN3S2. The second kappa shape index (κ2) is 11.0. The maximum Gasteiger partial charge on any atom is 0.193 e. The second-order valence-corrected chi connectivity index (χ2v) is 7.63. The molecule has 6 heteroatoms. The van der Waals surface area contributed by atoms with E-state index >= 15 is 0 Å². The Bertz CT molecular complexity index is 552. The van der Waals surface area contributed by atoms with Crippen molar-refractivity contribution in [3.8, 4) is 0 Å². The fourth-order valence-electron chi connectivity index (χ4n) is 2.33. The highest BCUT2D eigenvalue weighted by atomic mass is 127. The van der Waals surface area contributed by atoms with Crippen LogP contribution < -0.4 is 5.32 Å². The van der Waals surface area contributed by atoms with E-state index in [4.69, 9.17) is 0 Å². The number of nitrogens with zero attached hydrogens (tertiary/aromatic N) is 2. The van der Waals surface area contributed by atoms with E-state index in [2.05, 4.69) is 64.2 Å². The molecular weight excluding hydrogens is 437 g/mol. The number of thiophene rings is 2. The fraction of sp³-hybridized carbons (Fsp3) is 0.471. The molecule has 2 aromatic heterocycles. The van der Waals surface area contributed by atoms with E-state index < -0.39 is 0 Å². The van der Waals surface area contributed by atoms with Gasteiger partial charge in [0.1, 0.15) is 0 Å². The standard InChI is InChI=1S/C17H25N3S2.HI/c1-14(12-16-7-5-11-22-16)13-19-17(18-2)20(3)9-8-15-6-4-10-21-15;/h4-7,10-11,14H,8-9,12-13H2,1-3H3,(H,18,19);1H. The smallest absolute Gasteiger partial charge is 0.193 e. The maximum absolute atomic E-state index is 4.39. The predicted molar refractivity (Wildman–Crippen MR) is 115 cm³/mol. The highest BCUT2D eigenvalue weighted by molar-refractivity contribution is 14.0. The van der Waals surface area contributed by atoms with E-state index in [1.54, 1.807) is 0 Å². The molecule has 1 atom stereocenters. The van der Waals surface area contributed by atoms with Crippen LogP contribution in [0.3, 0.4) is 0 Å². The van der Waals surface area contributed by atoms with Gasteiger partial charge in [-0.2, -0.15) is 0 Å². The summed E-state index contributed by atoms with van der Waals surface area (Å²) in [5.41, 5.74) is 0. The van der Waals surface area contributed by atoms with Gasteiger partial charge in [0.2, 0.25) is 0 Å². The largest absolute Gasteiger partial charge is 0.356 e. The minimum absolute atomic E-state index is 0. The number of rotatable bonds is 7. The number of nitrogens with one attached hydrogen (secondary N) is 1. The third kappa shape index (κ3) is 7.22. The van der Waals surface area contributed by atoms with Gasteiger partial charge >= 0.3 is 0 Å². The Hall–Kier alpha value is -0.600. The molecule has 0 aliphatic heterocycles. The van der Waals surface area contributed by atoms with E-state index in [1.165, 1.54) is 9.75 Å². The van der Waals surface area contributed by atoms with E-state index in [0.717, 1.165) is 31.9 Å². The average molecular weight is 463 g/mol. The van der Waals surface area contributed by atoms with Gasteiger partial charge < -0.3 is 10.2 Å². The minimum Gasteiger partial charge on any atom is -0.356 e. The van der Waals surface area contributed by atoms with E-state index in [0.29, 0.717) is 5.92 Å². The molecule has 1 unspecified atom stereocenters. The number of halogens is 1. The zero-order chi connectivity index (χ0) is 15.8. The molecule has 0 saturated heterocycles. The summed E-state index contributed by atoms with van der Waals surface area (Å²) in [5.74, 6) is 1.58. The lowest BCUT2D eigenvalue weighted by Crippen LogP contribution is -2.41. The first-order valence-electron chi connectivity index (χ1n) is 7.65. The summed E-state index contributed by atoms with van der Waals surface area (Å²) in [6.07, 6.45) is 2.19. The van der Waals surface area contributed by atoms with E-state index in [1.807, 2.05) is 29.7 Å². The number of hydrogen-bond acceptors (Lipinski definition) is 3. The van der Waals surface area contributed by atoms with Gasteiger partial charge in [-0.1, -0.05) is 19.1 Å². The molecule has 0 radical (unpaired) electrons. The Balaban J connectivity index is 0.00000264. The molecule has 0 saturated carbocycles. The van der Waals surface area contributed by atoms with Gasteiger partial charge in [0.15, 0.2) is 5.96 Å². The van der Waals surface area contributed by atoms with Crippen molar-refractivity contribution >= 4 is 52.6 Å². The first kappa shape index (κ1) is 20.4. The Labute approximate surface area is 164 Å². The van der Waals surface area contributed by atoms with Crippen LogP contribution in [0, 0.1) is 5.92 Å². The van der Waals surface area contributed by atoms with Gasteiger partial charge in [0, 0.05) is 36.9 Å². The molecule has 2 aromatic rings. The summed E-state index contributed by atoms with van der Waals surface area (Å²) in [5, 5.41) is 7.77. The van der Waals surface area contributed by atoms with Crippen molar-refractivity contribution in [2.75, 3.05) is 27.2 Å². The zero-order valence-electron chi connectivity index (χ0n) is 14.0. The molecule has 0 aliphatic carbocycles. The second-order valence-electron chi connectivity index (χ2n) is 5.57. The van der Waals surface area contributed by atoms with Crippen LogP contribution in [0.5, 0.6) is 0 Å². The lowest BCUT2D eigenvalue weighted by atomic mass is 10.1. The highest BCUT2D eigenvalue weighted by Crippen LogP contribution is 2.14. The molecule has 2 heterocycles. The van der Waals surface area contributed by atoms with Crippen molar-refractivity contribution in [2.45, 2.75) is 19.8 Å². The maximum atomic E-state index is 4.39. The quantitative estimate of drug-likeness (QED) is 0.376. The van der Waals surface area contributed by atoms with Crippen LogP contribution in [-0.4, -0.2) is 38.0 Å². The molecule has 2 rings (SSSR count). The molecule has 3 nitrogen and oxygen atoms in total. The van der Waals surface area contributed by atoms with E-state index in [9.17, 15) is 0 Å². The van der Waals surface area contributed by atoms with Crippen molar-refractivity contribution in [1.29, 1.82) is 0 Å². The Morgan fingerprint density at radius 1 is 1.22 bits per heavy atom. The molecule has 23 heavy (non-hydrogen) atoms. The van der Waals surface area contributed by atoms with Crippen molar-refractivity contribution < 1.29 is 0 Å². The third-order valence-electron chi connectivity index (χ3n) is 3.59. The number of guanidine groups is 1. The van der Waals surface area contributed by atoms with Gasteiger partial charge in [0.05, 0.1) is 0 Å². The molecule has 1 N–H and O–H groups in total. The predicted octanol–water partition coefficient (Wildman–Crippen LogP) is 4.36. The summed E-state index contributed by atoms with van der Waals surface area (Å²) in [7, 11) is 3.96. The minimum atomic E-state index is 0. The molecule has 0 amide bonds. The molecule has 0 aromatic carbocycles. The molecule has 128 valence electrons. The average Bonchev–Trinajstić information content (AvgIpc) is 3.19. The summed E-state index contributed by atoms with van der Waals surface area (Å²) in [6, 6.07) is 8.64. The van der Waals surface area contributed by atoms with Gasteiger partial charge in [0.25, 0.3) is 0 Å². The van der Waals surface area contributed by atoms with Gasteiger partial charge in [-0.25, -0.2) is 0 Å². The SMILES string of the molecule is CN=C(NCC(C)Cc1cccs1)N(C)CCc1cccs1.I. The summed E-state index contributed by atoms with van der Waals surface area (Å²) >= 11 is 3.66. The molecule has 0 bridgehead atoms. The van der Waals surface area contributed by atoms with Crippen molar-refractivity contribution in [3.63, 3.8) is 0 Å². The van der Waals surface area contributed by atoms with Gasteiger partial charge in [-0.15, -0.1) is 46.7 Å². The Morgan fingerprint density at radius 2 is 1.87 bits per heavy atom. The molecule has 0 spiro atoms. The van der Waals surface area contributed by atoms with Crippen LogP contribution in [0.4, 0.5) is 0 Å². The zero-order valence-corrected chi connectivity index (χ0v) is 18.0. The number of likely N-dealkylation sites (N-methyl/N-ethyl adjacent to an activating group) is 1. The van der Waals surface area contributed by atoms with Crippen molar-refractivity contribution in [1.82, 2.24) is 10.2 Å². The summed E-state index contributed by atoms with van der Waals surface area (Å²) in [6.45, 7) is 4.22. The molecule has 0 aliphatic rings. The fourth-order valence-corrected chi connectivity index (χ4v) is 3.90. The molecule has 0 fully saturated rings. The monoisotopic (exact) mass is 463 g/mol. The van der Waals surface area contributed by atoms with Crippen LogP contribution in [-0.2, 0) is 12.8 Å². The first-order chi connectivity index (χ1) is 10.7. The lowest BCUT2D eigenvalue weighted by molar-refractivity contribution is 0.470. The van der Waals surface area contributed by atoms with Crippen molar-refractivity contribution in [3.05, 3.63) is 44.8 Å². The topological polar surface area (TPSA) is 27.6 Å². The van der Waals surface area contributed by atoms with Crippen molar-refractivity contribution in [2.24, 2.45) is 10.9 Å². The Morgan fingerprint density at radius 3 is 2.43 bits per heavy atom. The number of aliphatic imine (C=N–C) groups is 1. The first-order valence-corrected chi connectivity index (χ1v) is 9.41. The highest BCUT2D eigenvalue weighted by Gasteiger charge is 2.09. The van der Waals surface area contributed by atoms with Gasteiger partial charge in [-0.3, -0.25) is 4.99 Å². The summed E-state index contributed by atoms with van der Waals surface area (Å²) < 4.78 is 0.